The van der Waals surface area contributed by atoms with E-state index in [2.05, 4.69) is 53.7 Å². The minimum absolute atomic E-state index is 0. The molecule has 0 fully saturated rings. The van der Waals surface area contributed by atoms with Crippen LogP contribution in [0.15, 0.2) is 29.3 Å². The molecule has 24 heavy (non-hydrogen) atoms. The van der Waals surface area contributed by atoms with E-state index in [0.717, 1.165) is 25.2 Å². The molecule has 0 radical (unpaired) electrons. The maximum absolute atomic E-state index is 11.8. The number of nitrogens with one attached hydrogen (secondary N) is 2. The van der Waals surface area contributed by atoms with Gasteiger partial charge in [0.2, 0.25) is 5.91 Å². The summed E-state index contributed by atoms with van der Waals surface area (Å²) in [7, 11) is 3.50. The molecule has 6 heteroatoms. The highest BCUT2D eigenvalue weighted by molar-refractivity contribution is 14.0. The summed E-state index contributed by atoms with van der Waals surface area (Å²) in [6, 6.07) is 9.23. The minimum atomic E-state index is 0. The third-order valence-electron chi connectivity index (χ3n) is 3.98. The van der Waals surface area contributed by atoms with Gasteiger partial charge in [0.15, 0.2) is 5.96 Å². The third-order valence-corrected chi connectivity index (χ3v) is 3.98. The molecule has 2 rings (SSSR count). The van der Waals surface area contributed by atoms with Crippen LogP contribution in [0.25, 0.3) is 0 Å². The first kappa shape index (κ1) is 20.7. The van der Waals surface area contributed by atoms with Crippen molar-refractivity contribution in [2.24, 2.45) is 4.99 Å². The lowest BCUT2D eigenvalue weighted by atomic mass is 9.88. The Morgan fingerprint density at radius 1 is 1.29 bits per heavy atom. The van der Waals surface area contributed by atoms with Crippen LogP contribution in [0.5, 0.6) is 0 Å². The summed E-state index contributed by atoms with van der Waals surface area (Å²) in [5.74, 6) is 0.725. The van der Waals surface area contributed by atoms with E-state index in [4.69, 9.17) is 0 Å². The maximum atomic E-state index is 11.8. The van der Waals surface area contributed by atoms with Gasteiger partial charge in [-0.05, 0) is 44.2 Å². The smallest absolute Gasteiger partial charge is 0.243 e. The molecule has 0 saturated carbocycles. The van der Waals surface area contributed by atoms with Crippen LogP contribution in [-0.4, -0.2) is 49.5 Å². The van der Waals surface area contributed by atoms with Gasteiger partial charge in [0, 0.05) is 26.2 Å². The van der Waals surface area contributed by atoms with Crippen LogP contribution in [0, 0.1) is 0 Å². The number of hydrogen-bond donors (Lipinski definition) is 2. The second-order valence-electron chi connectivity index (χ2n) is 6.60. The molecule has 0 aromatic heterocycles. The highest BCUT2D eigenvalue weighted by atomic mass is 127. The molecule has 0 aliphatic heterocycles. The normalized spacial score (nSPS) is 16.9. The fraction of sp³-hybridized carbons (Fsp3) is 0.556. The van der Waals surface area contributed by atoms with Gasteiger partial charge in [-0.15, -0.1) is 24.0 Å². The Kier molecular flexibility index (Phi) is 8.52. The van der Waals surface area contributed by atoms with E-state index in [-0.39, 0.29) is 42.5 Å². The Balaban J connectivity index is 0.00000288. The fourth-order valence-corrected chi connectivity index (χ4v) is 2.71. The lowest BCUT2D eigenvalue weighted by molar-refractivity contribution is -0.127. The first-order valence-corrected chi connectivity index (χ1v) is 8.30. The first-order valence-electron chi connectivity index (χ1n) is 8.30. The zero-order valence-corrected chi connectivity index (χ0v) is 17.3. The van der Waals surface area contributed by atoms with Gasteiger partial charge in [-0.25, -0.2) is 4.99 Å². The molecule has 0 heterocycles. The maximum Gasteiger partial charge on any atom is 0.243 e. The fourth-order valence-electron chi connectivity index (χ4n) is 2.71. The number of halogens is 1. The zero-order chi connectivity index (χ0) is 16.8. The average molecular weight is 444 g/mol. The first-order chi connectivity index (χ1) is 11.0. The Morgan fingerprint density at radius 3 is 2.58 bits per heavy atom. The van der Waals surface area contributed by atoms with Gasteiger partial charge in [0.05, 0.1) is 0 Å². The Labute approximate surface area is 162 Å². The topological polar surface area (TPSA) is 56.7 Å². The van der Waals surface area contributed by atoms with Gasteiger partial charge in [0.1, 0.15) is 6.54 Å². The molecule has 1 aromatic rings. The number of aryl methyl sites for hydroxylation is 1. The predicted molar refractivity (Wildman–Crippen MR) is 110 cm³/mol. The Hall–Kier alpha value is -1.31. The molecule has 1 aliphatic carbocycles. The van der Waals surface area contributed by atoms with Crippen molar-refractivity contribution in [3.8, 4) is 0 Å². The molecule has 1 aliphatic rings. The van der Waals surface area contributed by atoms with Crippen molar-refractivity contribution in [1.29, 1.82) is 0 Å². The number of aliphatic imine (C=N–C) groups is 1. The summed E-state index contributed by atoms with van der Waals surface area (Å²) in [6.07, 6.45) is 3.16. The van der Waals surface area contributed by atoms with Crippen molar-refractivity contribution in [2.75, 3.05) is 20.6 Å². The average Bonchev–Trinajstić information content (AvgIpc) is 2.51. The summed E-state index contributed by atoms with van der Waals surface area (Å²) in [5, 5.41) is 6.80. The van der Waals surface area contributed by atoms with Crippen molar-refractivity contribution in [3.05, 3.63) is 35.4 Å². The number of carbonyl (C=O) groups is 1. The highest BCUT2D eigenvalue weighted by Crippen LogP contribution is 2.20. The van der Waals surface area contributed by atoms with Crippen LogP contribution in [0.1, 0.15) is 31.4 Å². The van der Waals surface area contributed by atoms with Gasteiger partial charge >= 0.3 is 0 Å². The SMILES string of the molecule is CC(C)NC(=NCC(=O)N(C)C)NC1CCc2ccccc2C1.I. The lowest BCUT2D eigenvalue weighted by Crippen LogP contribution is -2.48. The molecule has 5 nitrogen and oxygen atoms in total. The third kappa shape index (κ3) is 6.30. The summed E-state index contributed by atoms with van der Waals surface area (Å²) in [4.78, 5) is 17.8. The molecule has 1 atom stereocenters. The summed E-state index contributed by atoms with van der Waals surface area (Å²) in [6.45, 7) is 4.31. The Bertz CT molecular complexity index is 572. The number of fused-ring (bicyclic) bond motifs is 1. The largest absolute Gasteiger partial charge is 0.354 e. The molecule has 1 amide bonds. The molecule has 0 spiro atoms. The highest BCUT2D eigenvalue weighted by Gasteiger charge is 2.19. The predicted octanol–water partition coefficient (Wildman–Crippen LogP) is 2.19. The van der Waals surface area contributed by atoms with E-state index in [1.54, 1.807) is 19.0 Å². The molecule has 134 valence electrons. The van der Waals surface area contributed by atoms with Gasteiger partial charge in [0.25, 0.3) is 0 Å². The van der Waals surface area contributed by atoms with Crippen LogP contribution in [-0.2, 0) is 17.6 Å². The number of hydrogen-bond acceptors (Lipinski definition) is 2. The van der Waals surface area contributed by atoms with Crippen molar-refractivity contribution in [2.45, 2.75) is 45.2 Å². The summed E-state index contributed by atoms with van der Waals surface area (Å²) in [5.41, 5.74) is 2.85. The van der Waals surface area contributed by atoms with Gasteiger partial charge in [-0.1, -0.05) is 24.3 Å². The van der Waals surface area contributed by atoms with Crippen molar-refractivity contribution < 1.29 is 4.79 Å². The quantitative estimate of drug-likeness (QED) is 0.426. The van der Waals surface area contributed by atoms with Gasteiger partial charge < -0.3 is 15.5 Å². The number of guanidine groups is 1. The summed E-state index contributed by atoms with van der Waals surface area (Å²) >= 11 is 0. The van der Waals surface area contributed by atoms with Crippen molar-refractivity contribution in [3.63, 3.8) is 0 Å². The number of nitrogens with zero attached hydrogens (tertiary/aromatic N) is 2. The molecule has 0 bridgehead atoms. The van der Waals surface area contributed by atoms with Crippen LogP contribution in [0.4, 0.5) is 0 Å². The van der Waals surface area contributed by atoms with E-state index in [1.807, 2.05) is 0 Å². The Morgan fingerprint density at radius 2 is 1.96 bits per heavy atom. The van der Waals surface area contributed by atoms with E-state index < -0.39 is 0 Å². The van der Waals surface area contributed by atoms with Crippen LogP contribution >= 0.6 is 24.0 Å². The van der Waals surface area contributed by atoms with Crippen LogP contribution < -0.4 is 10.6 Å². The molecular weight excluding hydrogens is 415 g/mol. The van der Waals surface area contributed by atoms with Crippen molar-refractivity contribution >= 4 is 35.8 Å². The number of amides is 1. The summed E-state index contributed by atoms with van der Waals surface area (Å²) < 4.78 is 0. The van der Waals surface area contributed by atoms with E-state index in [0.29, 0.717) is 6.04 Å². The molecular formula is C18H29IN4O. The van der Waals surface area contributed by atoms with Gasteiger partial charge in [-0.2, -0.15) is 0 Å². The monoisotopic (exact) mass is 444 g/mol. The van der Waals surface area contributed by atoms with Gasteiger partial charge in [-0.3, -0.25) is 4.79 Å². The second kappa shape index (κ2) is 9.86. The molecule has 1 aromatic carbocycles. The van der Waals surface area contributed by atoms with E-state index in [9.17, 15) is 4.79 Å². The van der Waals surface area contributed by atoms with E-state index in [1.165, 1.54) is 11.1 Å². The minimum Gasteiger partial charge on any atom is -0.354 e. The number of benzene rings is 1. The lowest BCUT2D eigenvalue weighted by Gasteiger charge is -2.28. The number of likely N-dealkylation sites (N-methyl/N-ethyl adjacent to an activating group) is 1. The second-order valence-corrected chi connectivity index (χ2v) is 6.60. The molecule has 1 unspecified atom stereocenters. The van der Waals surface area contributed by atoms with Crippen LogP contribution in [0.2, 0.25) is 0 Å². The van der Waals surface area contributed by atoms with E-state index >= 15 is 0 Å². The molecule has 2 N–H and O–H groups in total. The molecule has 0 saturated heterocycles. The number of carbonyl (C=O) groups excluding carboxylic acids is 1. The zero-order valence-electron chi connectivity index (χ0n) is 15.0. The van der Waals surface area contributed by atoms with Crippen LogP contribution in [0.3, 0.4) is 0 Å². The standard InChI is InChI=1S/C18H28N4O.HI/c1-13(2)20-18(19-12-17(23)22(3)4)21-16-10-9-14-7-5-6-8-15(14)11-16;/h5-8,13,16H,9-12H2,1-4H3,(H2,19,20,21);1H. The van der Waals surface area contributed by atoms with Crippen molar-refractivity contribution in [1.82, 2.24) is 15.5 Å². The number of rotatable bonds is 4.